The lowest BCUT2D eigenvalue weighted by Crippen LogP contribution is -2.39. The predicted octanol–water partition coefficient (Wildman–Crippen LogP) is 1.35. The van der Waals surface area contributed by atoms with Crippen LogP contribution in [0.25, 0.3) is 0 Å². The van der Waals surface area contributed by atoms with Crippen molar-refractivity contribution in [1.82, 2.24) is 15.5 Å². The minimum Gasteiger partial charge on any atom is -0.355 e. The van der Waals surface area contributed by atoms with Gasteiger partial charge in [-0.3, -0.25) is 19.3 Å². The number of rotatable bonds is 10. The first-order valence-electron chi connectivity index (χ1n) is 9.47. The topological polar surface area (TPSA) is 90.5 Å². The first-order valence-corrected chi connectivity index (χ1v) is 9.47. The third kappa shape index (κ3) is 7.78. The van der Waals surface area contributed by atoms with E-state index in [4.69, 9.17) is 0 Å². The molecule has 0 heterocycles. The Balaban J connectivity index is 1.76. The van der Waals surface area contributed by atoms with Gasteiger partial charge in [-0.25, -0.2) is 0 Å². The lowest BCUT2D eigenvalue weighted by atomic mass is 10.1. The first kappa shape index (κ1) is 20.9. The highest BCUT2D eigenvalue weighted by atomic mass is 16.2. The van der Waals surface area contributed by atoms with Gasteiger partial charge in [-0.05, 0) is 43.9 Å². The smallest absolute Gasteiger partial charge is 0.238 e. The summed E-state index contributed by atoms with van der Waals surface area (Å²) in [5.74, 6) is -0.235. The van der Waals surface area contributed by atoms with Crippen LogP contribution in [-0.4, -0.2) is 54.8 Å². The van der Waals surface area contributed by atoms with Gasteiger partial charge in [0.15, 0.2) is 0 Å². The van der Waals surface area contributed by atoms with E-state index in [-0.39, 0.29) is 24.3 Å². The van der Waals surface area contributed by atoms with Gasteiger partial charge in [0, 0.05) is 44.7 Å². The monoisotopic (exact) mass is 374 g/mol. The number of benzene rings is 1. The average Bonchev–Trinajstić information content (AvgIpc) is 3.43. The molecule has 0 radical (unpaired) electrons. The normalized spacial score (nSPS) is 13.3. The van der Waals surface area contributed by atoms with Crippen LogP contribution < -0.4 is 16.0 Å². The molecule has 27 heavy (non-hydrogen) atoms. The lowest BCUT2D eigenvalue weighted by Gasteiger charge is -2.21. The molecule has 0 aromatic heterocycles. The molecule has 7 heteroatoms. The van der Waals surface area contributed by atoms with Gasteiger partial charge in [0.1, 0.15) is 0 Å². The molecule has 3 N–H and O–H groups in total. The summed E-state index contributed by atoms with van der Waals surface area (Å²) in [5.41, 5.74) is 2.97. The van der Waals surface area contributed by atoms with Crippen LogP contribution >= 0.6 is 0 Å². The summed E-state index contributed by atoms with van der Waals surface area (Å²) in [6.45, 7) is 7.09. The number of aryl methyl sites for hydroxylation is 2. The fourth-order valence-electron chi connectivity index (χ4n) is 2.85. The summed E-state index contributed by atoms with van der Waals surface area (Å²) < 4.78 is 0. The minimum absolute atomic E-state index is 0.0540. The number of anilines is 1. The van der Waals surface area contributed by atoms with Crippen molar-refractivity contribution < 1.29 is 14.4 Å². The van der Waals surface area contributed by atoms with E-state index >= 15 is 0 Å². The molecule has 1 aliphatic rings. The number of amides is 3. The van der Waals surface area contributed by atoms with E-state index < -0.39 is 0 Å². The van der Waals surface area contributed by atoms with E-state index in [1.54, 1.807) is 0 Å². The molecule has 1 fully saturated rings. The molecule has 0 spiro atoms. The highest BCUT2D eigenvalue weighted by Crippen LogP contribution is 2.27. The third-order valence-electron chi connectivity index (χ3n) is 4.52. The van der Waals surface area contributed by atoms with Crippen molar-refractivity contribution in [2.75, 3.05) is 31.5 Å². The number of carbonyl (C=O) groups is 3. The molecule has 7 nitrogen and oxygen atoms in total. The van der Waals surface area contributed by atoms with E-state index in [0.29, 0.717) is 32.1 Å². The molecule has 1 aliphatic carbocycles. The second-order valence-electron chi connectivity index (χ2n) is 7.15. The lowest BCUT2D eigenvalue weighted by molar-refractivity contribution is -0.123. The van der Waals surface area contributed by atoms with E-state index in [2.05, 4.69) is 20.9 Å². The maximum absolute atomic E-state index is 12.4. The molecule has 1 aromatic rings. The molecular weight excluding hydrogens is 344 g/mol. The molecule has 148 valence electrons. The van der Waals surface area contributed by atoms with Gasteiger partial charge in [-0.15, -0.1) is 0 Å². The molecule has 0 aliphatic heterocycles. The van der Waals surface area contributed by atoms with Crippen LogP contribution in [0.15, 0.2) is 18.2 Å². The summed E-state index contributed by atoms with van der Waals surface area (Å²) in [6.07, 6.45) is 2.48. The molecular formula is C20H30N4O3. The van der Waals surface area contributed by atoms with Crippen molar-refractivity contribution in [2.24, 2.45) is 0 Å². The maximum Gasteiger partial charge on any atom is 0.238 e. The van der Waals surface area contributed by atoms with E-state index in [1.165, 1.54) is 6.92 Å². The van der Waals surface area contributed by atoms with E-state index in [9.17, 15) is 14.4 Å². The fourth-order valence-corrected chi connectivity index (χ4v) is 2.85. The number of nitrogens with one attached hydrogen (secondary N) is 3. The summed E-state index contributed by atoms with van der Waals surface area (Å²) in [4.78, 5) is 37.3. The number of hydrogen-bond donors (Lipinski definition) is 3. The second kappa shape index (κ2) is 10.1. The Morgan fingerprint density at radius 3 is 2.44 bits per heavy atom. The molecule has 0 unspecified atom stereocenters. The zero-order valence-corrected chi connectivity index (χ0v) is 16.4. The van der Waals surface area contributed by atoms with Crippen LogP contribution in [-0.2, 0) is 14.4 Å². The fraction of sp³-hybridized carbons (Fsp3) is 0.550. The van der Waals surface area contributed by atoms with E-state index in [1.807, 2.05) is 32.0 Å². The third-order valence-corrected chi connectivity index (χ3v) is 4.52. The Bertz CT molecular complexity index is 686. The van der Waals surface area contributed by atoms with Crippen molar-refractivity contribution in [3.05, 3.63) is 29.3 Å². The maximum atomic E-state index is 12.4. The van der Waals surface area contributed by atoms with Crippen LogP contribution in [0.3, 0.4) is 0 Å². The predicted molar refractivity (Wildman–Crippen MR) is 105 cm³/mol. The van der Waals surface area contributed by atoms with Gasteiger partial charge >= 0.3 is 0 Å². The minimum atomic E-state index is -0.112. The van der Waals surface area contributed by atoms with Crippen molar-refractivity contribution in [1.29, 1.82) is 0 Å². The summed E-state index contributed by atoms with van der Waals surface area (Å²) in [7, 11) is 0. The highest BCUT2D eigenvalue weighted by molar-refractivity contribution is 5.93. The summed E-state index contributed by atoms with van der Waals surface area (Å²) in [5, 5.41) is 8.40. The molecule has 0 bridgehead atoms. The van der Waals surface area contributed by atoms with Gasteiger partial charge in [0.2, 0.25) is 17.7 Å². The van der Waals surface area contributed by atoms with Crippen molar-refractivity contribution in [3.63, 3.8) is 0 Å². The van der Waals surface area contributed by atoms with Crippen LogP contribution in [0.2, 0.25) is 0 Å². The Hall–Kier alpha value is -2.41. The SMILES string of the molecule is CC(=O)NCCNC(=O)CCN(CC(=O)Nc1cc(C)ccc1C)C1CC1. The van der Waals surface area contributed by atoms with Crippen LogP contribution in [0, 0.1) is 13.8 Å². The zero-order chi connectivity index (χ0) is 19.8. The van der Waals surface area contributed by atoms with Crippen LogP contribution in [0.5, 0.6) is 0 Å². The van der Waals surface area contributed by atoms with Gasteiger partial charge in [-0.2, -0.15) is 0 Å². The van der Waals surface area contributed by atoms with E-state index in [0.717, 1.165) is 29.7 Å². The molecule has 0 atom stereocenters. The van der Waals surface area contributed by atoms with Gasteiger partial charge in [0.25, 0.3) is 0 Å². The number of nitrogens with zero attached hydrogens (tertiary/aromatic N) is 1. The summed E-state index contributed by atoms with van der Waals surface area (Å²) in [6, 6.07) is 6.37. The average molecular weight is 374 g/mol. The Morgan fingerprint density at radius 1 is 1.07 bits per heavy atom. The highest BCUT2D eigenvalue weighted by Gasteiger charge is 2.30. The molecule has 1 aromatic carbocycles. The van der Waals surface area contributed by atoms with Crippen molar-refractivity contribution in [3.8, 4) is 0 Å². The Morgan fingerprint density at radius 2 is 1.78 bits per heavy atom. The van der Waals surface area contributed by atoms with Gasteiger partial charge in [-0.1, -0.05) is 12.1 Å². The molecule has 3 amide bonds. The number of carbonyl (C=O) groups excluding carboxylic acids is 3. The van der Waals surface area contributed by atoms with Gasteiger partial charge < -0.3 is 16.0 Å². The van der Waals surface area contributed by atoms with Crippen molar-refractivity contribution >= 4 is 23.4 Å². The Labute approximate surface area is 160 Å². The molecule has 1 saturated carbocycles. The largest absolute Gasteiger partial charge is 0.355 e. The zero-order valence-electron chi connectivity index (χ0n) is 16.4. The standard InChI is InChI=1S/C20H30N4O3/c1-14-4-5-15(2)18(12-14)23-20(27)13-24(17-6-7-17)11-8-19(26)22-10-9-21-16(3)25/h4-5,12,17H,6-11,13H2,1-3H3,(H,21,25)(H,22,26)(H,23,27). The second-order valence-corrected chi connectivity index (χ2v) is 7.15. The first-order chi connectivity index (χ1) is 12.8. The van der Waals surface area contributed by atoms with Crippen molar-refractivity contribution in [2.45, 2.75) is 46.1 Å². The Kier molecular flexibility index (Phi) is 7.79. The summed E-state index contributed by atoms with van der Waals surface area (Å²) >= 11 is 0. The van der Waals surface area contributed by atoms with Crippen LogP contribution in [0.4, 0.5) is 5.69 Å². The molecule has 0 saturated heterocycles. The number of hydrogen-bond acceptors (Lipinski definition) is 4. The quantitative estimate of drug-likeness (QED) is 0.539. The van der Waals surface area contributed by atoms with Gasteiger partial charge in [0.05, 0.1) is 6.54 Å². The van der Waals surface area contributed by atoms with Crippen LogP contribution in [0.1, 0.15) is 37.3 Å². The molecule has 2 rings (SSSR count).